The number of aldehydes is 1. The molecule has 0 radical (unpaired) electrons. The van der Waals surface area contributed by atoms with Gasteiger partial charge in [0.1, 0.15) is 6.29 Å². The minimum atomic E-state index is 0.703. The van der Waals surface area contributed by atoms with E-state index in [1.165, 1.54) is 11.3 Å². The summed E-state index contributed by atoms with van der Waals surface area (Å²) in [6, 6.07) is 5.63. The number of anilines is 1. The van der Waals surface area contributed by atoms with Gasteiger partial charge in [0.15, 0.2) is 0 Å². The number of aryl methyl sites for hydroxylation is 1. The number of hydrogen-bond donors (Lipinski definition) is 1. The van der Waals surface area contributed by atoms with Crippen molar-refractivity contribution in [2.45, 2.75) is 6.92 Å². The van der Waals surface area contributed by atoms with Crippen LogP contribution in [0.15, 0.2) is 18.2 Å². The Labute approximate surface area is 80.0 Å². The van der Waals surface area contributed by atoms with Crippen molar-refractivity contribution in [3.8, 4) is 0 Å². The molecule has 1 heterocycles. The van der Waals surface area contributed by atoms with Gasteiger partial charge in [-0.3, -0.25) is 4.79 Å². The van der Waals surface area contributed by atoms with Gasteiger partial charge < -0.3 is 5.73 Å². The van der Waals surface area contributed by atoms with Crippen LogP contribution in [0.3, 0.4) is 0 Å². The normalized spacial score (nSPS) is 10.5. The van der Waals surface area contributed by atoms with Gasteiger partial charge in [0, 0.05) is 10.3 Å². The molecule has 0 aliphatic heterocycles. The Morgan fingerprint density at radius 2 is 2.23 bits per heavy atom. The van der Waals surface area contributed by atoms with Crippen LogP contribution in [-0.2, 0) is 0 Å². The van der Waals surface area contributed by atoms with Gasteiger partial charge in [0.05, 0.1) is 5.00 Å². The van der Waals surface area contributed by atoms with Crippen molar-refractivity contribution < 1.29 is 4.79 Å². The molecule has 0 atom stereocenters. The average molecular weight is 191 g/mol. The highest BCUT2D eigenvalue weighted by molar-refractivity contribution is 7.22. The third kappa shape index (κ3) is 1.21. The summed E-state index contributed by atoms with van der Waals surface area (Å²) in [6.07, 6.45) is 0.852. The van der Waals surface area contributed by atoms with Crippen LogP contribution in [0, 0.1) is 6.92 Å². The minimum Gasteiger partial charge on any atom is -0.390 e. The molecule has 0 bridgehead atoms. The quantitative estimate of drug-likeness (QED) is 0.704. The first kappa shape index (κ1) is 8.26. The summed E-state index contributed by atoms with van der Waals surface area (Å²) in [7, 11) is 0. The second-order valence-corrected chi connectivity index (χ2v) is 4.05. The summed E-state index contributed by atoms with van der Waals surface area (Å²) in [5.74, 6) is 0. The zero-order valence-electron chi connectivity index (χ0n) is 7.20. The fraction of sp³-hybridized carbons (Fsp3) is 0.100. The van der Waals surface area contributed by atoms with Crippen LogP contribution in [0.25, 0.3) is 10.1 Å². The van der Waals surface area contributed by atoms with Crippen LogP contribution in [0.1, 0.15) is 15.9 Å². The van der Waals surface area contributed by atoms with Gasteiger partial charge in [0.25, 0.3) is 0 Å². The van der Waals surface area contributed by atoms with Crippen molar-refractivity contribution in [3.05, 3.63) is 29.3 Å². The average Bonchev–Trinajstić information content (AvgIpc) is 2.42. The number of benzene rings is 1. The van der Waals surface area contributed by atoms with Crippen molar-refractivity contribution in [1.82, 2.24) is 0 Å². The van der Waals surface area contributed by atoms with Crippen molar-refractivity contribution in [1.29, 1.82) is 0 Å². The van der Waals surface area contributed by atoms with Crippen LogP contribution < -0.4 is 5.73 Å². The van der Waals surface area contributed by atoms with E-state index in [4.69, 9.17) is 5.73 Å². The van der Waals surface area contributed by atoms with E-state index >= 15 is 0 Å². The van der Waals surface area contributed by atoms with E-state index in [1.807, 2.05) is 25.1 Å². The fourth-order valence-corrected chi connectivity index (χ4v) is 2.36. The molecular formula is C10H9NOS. The minimum absolute atomic E-state index is 0.703. The summed E-state index contributed by atoms with van der Waals surface area (Å²) in [4.78, 5) is 10.5. The van der Waals surface area contributed by atoms with Crippen LogP contribution >= 0.6 is 11.3 Å². The lowest BCUT2D eigenvalue weighted by Gasteiger charge is -1.92. The third-order valence-electron chi connectivity index (χ3n) is 2.14. The van der Waals surface area contributed by atoms with Crippen molar-refractivity contribution in [2.24, 2.45) is 0 Å². The van der Waals surface area contributed by atoms with E-state index in [0.29, 0.717) is 5.56 Å². The lowest BCUT2D eigenvalue weighted by molar-refractivity contribution is 0.112. The van der Waals surface area contributed by atoms with E-state index < -0.39 is 0 Å². The van der Waals surface area contributed by atoms with Gasteiger partial charge in [0.2, 0.25) is 0 Å². The Kier molecular flexibility index (Phi) is 1.81. The molecule has 2 aromatic rings. The standard InChI is InChI=1S/C10H9NOS/c1-6-8-3-2-7(5-12)4-9(8)13-10(6)11/h2-5H,11H2,1H3. The highest BCUT2D eigenvalue weighted by Gasteiger charge is 2.05. The number of rotatable bonds is 1. The first-order valence-electron chi connectivity index (χ1n) is 3.96. The Hall–Kier alpha value is -1.35. The molecule has 2 N–H and O–H groups in total. The molecule has 13 heavy (non-hydrogen) atoms. The van der Waals surface area contributed by atoms with E-state index in [9.17, 15) is 4.79 Å². The van der Waals surface area contributed by atoms with Gasteiger partial charge in [-0.25, -0.2) is 0 Å². The third-order valence-corrected chi connectivity index (χ3v) is 3.22. The largest absolute Gasteiger partial charge is 0.390 e. The van der Waals surface area contributed by atoms with Crippen LogP contribution in [-0.4, -0.2) is 6.29 Å². The number of carbonyl (C=O) groups is 1. The zero-order valence-corrected chi connectivity index (χ0v) is 8.02. The van der Waals surface area contributed by atoms with Gasteiger partial charge >= 0.3 is 0 Å². The molecule has 0 aliphatic rings. The number of nitrogen functional groups attached to an aromatic ring is 1. The molecule has 2 nitrogen and oxygen atoms in total. The molecule has 0 amide bonds. The lowest BCUT2D eigenvalue weighted by atomic mass is 10.1. The highest BCUT2D eigenvalue weighted by atomic mass is 32.1. The van der Waals surface area contributed by atoms with E-state index in [2.05, 4.69) is 0 Å². The zero-order chi connectivity index (χ0) is 9.42. The fourth-order valence-electron chi connectivity index (χ4n) is 1.33. The maximum absolute atomic E-state index is 10.5. The summed E-state index contributed by atoms with van der Waals surface area (Å²) in [5.41, 5.74) is 7.59. The van der Waals surface area contributed by atoms with Gasteiger partial charge in [-0.2, -0.15) is 0 Å². The predicted octanol–water partition coefficient (Wildman–Crippen LogP) is 2.60. The van der Waals surface area contributed by atoms with Gasteiger partial charge in [-0.05, 0) is 23.9 Å². The molecule has 1 aromatic carbocycles. The monoisotopic (exact) mass is 191 g/mol. The Balaban J connectivity index is 2.79. The van der Waals surface area contributed by atoms with Crippen molar-refractivity contribution in [3.63, 3.8) is 0 Å². The van der Waals surface area contributed by atoms with Gasteiger partial charge in [-0.15, -0.1) is 11.3 Å². The summed E-state index contributed by atoms with van der Waals surface area (Å²) < 4.78 is 1.08. The van der Waals surface area contributed by atoms with E-state index in [0.717, 1.165) is 26.9 Å². The molecule has 0 spiro atoms. The molecule has 0 unspecified atom stereocenters. The maximum Gasteiger partial charge on any atom is 0.150 e. The molecule has 2 rings (SSSR count). The Bertz CT molecular complexity index is 473. The van der Waals surface area contributed by atoms with Crippen LogP contribution in [0.4, 0.5) is 5.00 Å². The number of fused-ring (bicyclic) bond motifs is 1. The summed E-state index contributed by atoms with van der Waals surface area (Å²) in [6.45, 7) is 1.99. The first-order chi connectivity index (χ1) is 6.22. The first-order valence-corrected chi connectivity index (χ1v) is 4.78. The highest BCUT2D eigenvalue weighted by Crippen LogP contribution is 2.32. The molecule has 0 saturated carbocycles. The predicted molar refractivity (Wildman–Crippen MR) is 56.4 cm³/mol. The molecule has 1 aromatic heterocycles. The molecule has 0 saturated heterocycles. The summed E-state index contributed by atoms with van der Waals surface area (Å²) >= 11 is 1.53. The number of nitrogens with two attached hydrogens (primary N) is 1. The topological polar surface area (TPSA) is 43.1 Å². The van der Waals surface area contributed by atoms with Crippen LogP contribution in [0.2, 0.25) is 0 Å². The second-order valence-electron chi connectivity index (χ2n) is 2.96. The maximum atomic E-state index is 10.5. The number of thiophene rings is 1. The molecular weight excluding hydrogens is 182 g/mol. The van der Waals surface area contributed by atoms with Crippen LogP contribution in [0.5, 0.6) is 0 Å². The lowest BCUT2D eigenvalue weighted by Crippen LogP contribution is -1.80. The molecule has 0 fully saturated rings. The number of carbonyl (C=O) groups excluding carboxylic acids is 1. The van der Waals surface area contributed by atoms with E-state index in [1.54, 1.807) is 0 Å². The Morgan fingerprint density at radius 3 is 2.92 bits per heavy atom. The SMILES string of the molecule is Cc1c(N)sc2cc(C=O)ccc12. The second kappa shape index (κ2) is 2.85. The molecule has 3 heteroatoms. The molecule has 0 aliphatic carbocycles. The Morgan fingerprint density at radius 1 is 1.46 bits per heavy atom. The van der Waals surface area contributed by atoms with Crippen molar-refractivity contribution >= 4 is 32.7 Å². The van der Waals surface area contributed by atoms with Crippen molar-refractivity contribution in [2.75, 3.05) is 5.73 Å². The molecule has 66 valence electrons. The number of hydrogen-bond acceptors (Lipinski definition) is 3. The van der Waals surface area contributed by atoms with E-state index in [-0.39, 0.29) is 0 Å². The van der Waals surface area contributed by atoms with Gasteiger partial charge in [-0.1, -0.05) is 12.1 Å². The summed E-state index contributed by atoms with van der Waals surface area (Å²) in [5, 5.41) is 1.98. The smallest absolute Gasteiger partial charge is 0.150 e.